The molecule has 1 aliphatic heterocycles. The van der Waals surface area contributed by atoms with Gasteiger partial charge >= 0.3 is 0 Å². The largest absolute Gasteiger partial charge is 0.496 e. The van der Waals surface area contributed by atoms with Crippen molar-refractivity contribution in [2.45, 2.75) is 25.8 Å². The van der Waals surface area contributed by atoms with Crippen molar-refractivity contribution in [3.8, 4) is 5.75 Å². The third-order valence-electron chi connectivity index (χ3n) is 5.05. The van der Waals surface area contributed by atoms with Crippen molar-refractivity contribution in [2.75, 3.05) is 35.7 Å². The van der Waals surface area contributed by atoms with Gasteiger partial charge in [0.2, 0.25) is 5.95 Å². The molecule has 0 spiro atoms. The number of benzene rings is 2. The summed E-state index contributed by atoms with van der Waals surface area (Å²) in [5.74, 6) is 1.94. The van der Waals surface area contributed by atoms with Crippen molar-refractivity contribution >= 4 is 23.1 Å². The zero-order valence-electron chi connectivity index (χ0n) is 16.6. The molecule has 1 aliphatic rings. The van der Waals surface area contributed by atoms with Crippen LogP contribution in [0, 0.1) is 0 Å². The topological polar surface area (TPSA) is 75.2 Å². The molecule has 4 rings (SSSR count). The van der Waals surface area contributed by atoms with Crippen molar-refractivity contribution in [1.29, 1.82) is 0 Å². The Balaban J connectivity index is 1.38. The molecule has 1 saturated heterocycles. The Morgan fingerprint density at radius 3 is 2.59 bits per heavy atom. The number of anilines is 4. The van der Waals surface area contributed by atoms with Gasteiger partial charge in [-0.3, -0.25) is 0 Å². The molecular weight excluding hydrogens is 364 g/mol. The first-order valence-electron chi connectivity index (χ1n) is 9.99. The van der Waals surface area contributed by atoms with Crippen molar-refractivity contribution < 1.29 is 4.74 Å². The molecule has 0 unspecified atom stereocenters. The molecule has 2 N–H and O–H groups in total. The predicted molar refractivity (Wildman–Crippen MR) is 116 cm³/mol. The number of para-hydroxylation sites is 1. The average Bonchev–Trinajstić information content (AvgIpc) is 2.79. The SMILES string of the molecule is COc1ccccc1CNc1nncc(Nc2ccc(N3CCCCC3)cc2)n1. The zero-order chi connectivity index (χ0) is 19.9. The number of nitrogens with one attached hydrogen (secondary N) is 2. The number of methoxy groups -OCH3 is 1. The van der Waals surface area contributed by atoms with E-state index in [1.807, 2.05) is 24.3 Å². The summed E-state index contributed by atoms with van der Waals surface area (Å²) in [4.78, 5) is 6.95. The molecule has 0 saturated carbocycles. The third kappa shape index (κ3) is 4.93. The van der Waals surface area contributed by atoms with Crippen LogP contribution in [0.25, 0.3) is 0 Å². The van der Waals surface area contributed by atoms with Crippen LogP contribution in [-0.4, -0.2) is 35.4 Å². The van der Waals surface area contributed by atoms with E-state index in [-0.39, 0.29) is 0 Å². The van der Waals surface area contributed by atoms with Gasteiger partial charge in [0.15, 0.2) is 5.82 Å². The van der Waals surface area contributed by atoms with Crippen LogP contribution in [0.4, 0.5) is 23.1 Å². The first kappa shape index (κ1) is 19.0. The van der Waals surface area contributed by atoms with Gasteiger partial charge in [0.05, 0.1) is 13.3 Å². The van der Waals surface area contributed by atoms with Crippen LogP contribution in [0.1, 0.15) is 24.8 Å². The summed E-state index contributed by atoms with van der Waals surface area (Å²) in [6, 6.07) is 16.3. The maximum Gasteiger partial charge on any atom is 0.244 e. The molecule has 2 aromatic carbocycles. The lowest BCUT2D eigenvalue weighted by Crippen LogP contribution is -2.29. The Bertz CT molecular complexity index is 925. The van der Waals surface area contributed by atoms with E-state index < -0.39 is 0 Å². The Hall–Kier alpha value is -3.35. The Labute approximate surface area is 171 Å². The van der Waals surface area contributed by atoms with Crippen LogP contribution in [0.3, 0.4) is 0 Å². The minimum atomic E-state index is 0.464. The van der Waals surface area contributed by atoms with E-state index in [2.05, 4.69) is 55.0 Å². The highest BCUT2D eigenvalue weighted by Gasteiger charge is 2.10. The smallest absolute Gasteiger partial charge is 0.244 e. The number of rotatable bonds is 7. The maximum atomic E-state index is 5.38. The number of piperidine rings is 1. The highest BCUT2D eigenvalue weighted by molar-refractivity contribution is 5.61. The molecule has 2 heterocycles. The lowest BCUT2D eigenvalue weighted by Gasteiger charge is -2.28. The van der Waals surface area contributed by atoms with Crippen LogP contribution in [-0.2, 0) is 6.54 Å². The van der Waals surface area contributed by atoms with Crippen LogP contribution in [0.2, 0.25) is 0 Å². The molecule has 29 heavy (non-hydrogen) atoms. The first-order valence-corrected chi connectivity index (χ1v) is 9.99. The normalized spacial score (nSPS) is 13.8. The van der Waals surface area contributed by atoms with E-state index in [0.29, 0.717) is 18.3 Å². The van der Waals surface area contributed by atoms with E-state index >= 15 is 0 Å². The van der Waals surface area contributed by atoms with E-state index in [0.717, 1.165) is 30.1 Å². The van der Waals surface area contributed by atoms with Gasteiger partial charge in [-0.15, -0.1) is 5.10 Å². The van der Waals surface area contributed by atoms with Crippen molar-refractivity contribution in [2.24, 2.45) is 0 Å². The molecule has 0 amide bonds. The number of nitrogens with zero attached hydrogens (tertiary/aromatic N) is 4. The predicted octanol–water partition coefficient (Wildman–Crippen LogP) is 4.23. The Morgan fingerprint density at radius 1 is 1.00 bits per heavy atom. The number of hydrogen-bond donors (Lipinski definition) is 2. The van der Waals surface area contributed by atoms with E-state index in [1.165, 1.54) is 24.9 Å². The van der Waals surface area contributed by atoms with Crippen LogP contribution < -0.4 is 20.3 Å². The van der Waals surface area contributed by atoms with Gasteiger partial charge in [-0.05, 0) is 49.6 Å². The highest BCUT2D eigenvalue weighted by atomic mass is 16.5. The molecule has 3 aromatic rings. The highest BCUT2D eigenvalue weighted by Crippen LogP contribution is 2.23. The Morgan fingerprint density at radius 2 is 1.79 bits per heavy atom. The summed E-state index contributed by atoms with van der Waals surface area (Å²) in [7, 11) is 1.66. The molecule has 0 aliphatic carbocycles. The number of ether oxygens (including phenoxy) is 1. The Kier molecular flexibility index (Phi) is 6.04. The fourth-order valence-electron chi connectivity index (χ4n) is 3.52. The van der Waals surface area contributed by atoms with Gasteiger partial charge < -0.3 is 20.3 Å². The van der Waals surface area contributed by atoms with Crippen molar-refractivity contribution in [3.05, 3.63) is 60.3 Å². The molecule has 1 fully saturated rings. The van der Waals surface area contributed by atoms with Gasteiger partial charge in [-0.1, -0.05) is 18.2 Å². The summed E-state index contributed by atoms with van der Waals surface area (Å²) in [5.41, 5.74) is 3.28. The summed E-state index contributed by atoms with van der Waals surface area (Å²) >= 11 is 0. The average molecular weight is 390 g/mol. The van der Waals surface area contributed by atoms with E-state index in [9.17, 15) is 0 Å². The summed E-state index contributed by atoms with van der Waals surface area (Å²) in [5, 5.41) is 14.6. The fourth-order valence-corrected chi connectivity index (χ4v) is 3.52. The molecule has 0 bridgehead atoms. The van der Waals surface area contributed by atoms with Gasteiger partial charge in [-0.25, -0.2) is 0 Å². The quantitative estimate of drug-likeness (QED) is 0.625. The maximum absolute atomic E-state index is 5.38. The summed E-state index contributed by atoms with van der Waals surface area (Å²) in [6.45, 7) is 2.84. The van der Waals surface area contributed by atoms with E-state index in [1.54, 1.807) is 13.3 Å². The van der Waals surface area contributed by atoms with Gasteiger partial charge in [-0.2, -0.15) is 10.1 Å². The first-order chi connectivity index (χ1) is 14.3. The summed E-state index contributed by atoms with van der Waals surface area (Å²) in [6.07, 6.45) is 5.51. The van der Waals surface area contributed by atoms with Crippen molar-refractivity contribution in [3.63, 3.8) is 0 Å². The van der Waals surface area contributed by atoms with Gasteiger partial charge in [0.1, 0.15) is 5.75 Å². The van der Waals surface area contributed by atoms with Gasteiger partial charge in [0, 0.05) is 36.6 Å². The summed E-state index contributed by atoms with van der Waals surface area (Å²) < 4.78 is 5.38. The lowest BCUT2D eigenvalue weighted by molar-refractivity contribution is 0.410. The van der Waals surface area contributed by atoms with Gasteiger partial charge in [0.25, 0.3) is 0 Å². The second-order valence-corrected chi connectivity index (χ2v) is 7.05. The minimum Gasteiger partial charge on any atom is -0.496 e. The molecule has 150 valence electrons. The number of aromatic nitrogens is 3. The number of hydrogen-bond acceptors (Lipinski definition) is 7. The standard InChI is InChI=1S/C22H26N6O/c1-29-20-8-4-3-7-17(20)15-23-22-26-21(16-24-27-22)25-18-9-11-19(12-10-18)28-13-5-2-6-14-28/h3-4,7-12,16H,2,5-6,13-15H2,1H3,(H2,23,25,26,27). The lowest BCUT2D eigenvalue weighted by atomic mass is 10.1. The molecular formula is C22H26N6O. The molecule has 0 radical (unpaired) electrons. The molecule has 0 atom stereocenters. The zero-order valence-corrected chi connectivity index (χ0v) is 16.6. The molecule has 7 nitrogen and oxygen atoms in total. The molecule has 1 aromatic heterocycles. The minimum absolute atomic E-state index is 0.464. The van der Waals surface area contributed by atoms with E-state index in [4.69, 9.17) is 4.74 Å². The fraction of sp³-hybridized carbons (Fsp3) is 0.318. The third-order valence-corrected chi connectivity index (χ3v) is 5.05. The molecule has 7 heteroatoms. The second kappa shape index (κ2) is 9.23. The van der Waals surface area contributed by atoms with Crippen LogP contribution in [0.15, 0.2) is 54.7 Å². The van der Waals surface area contributed by atoms with Crippen LogP contribution >= 0.6 is 0 Å². The van der Waals surface area contributed by atoms with Crippen molar-refractivity contribution in [1.82, 2.24) is 15.2 Å². The monoisotopic (exact) mass is 390 g/mol. The second-order valence-electron chi connectivity index (χ2n) is 7.05. The van der Waals surface area contributed by atoms with Crippen LogP contribution in [0.5, 0.6) is 5.75 Å².